The fourth-order valence-electron chi connectivity index (χ4n) is 2.38. The van der Waals surface area contributed by atoms with Crippen molar-refractivity contribution in [3.8, 4) is 5.75 Å². The van der Waals surface area contributed by atoms with Gasteiger partial charge in [-0.2, -0.15) is 0 Å². The van der Waals surface area contributed by atoms with Crippen molar-refractivity contribution in [1.29, 1.82) is 0 Å². The van der Waals surface area contributed by atoms with Gasteiger partial charge in [0, 0.05) is 17.8 Å². The molecule has 1 atom stereocenters. The van der Waals surface area contributed by atoms with Gasteiger partial charge in [0.25, 0.3) is 0 Å². The Morgan fingerprint density at radius 3 is 2.95 bits per heavy atom. The molecule has 3 rings (SSSR count). The summed E-state index contributed by atoms with van der Waals surface area (Å²) in [5.41, 5.74) is 8.29. The Morgan fingerprint density at radius 1 is 1.24 bits per heavy atom. The first-order valence-electron chi connectivity index (χ1n) is 6.84. The number of carbonyl (C=O) groups is 1. The maximum absolute atomic E-state index is 12.1. The fourth-order valence-corrected chi connectivity index (χ4v) is 2.38. The van der Waals surface area contributed by atoms with Crippen molar-refractivity contribution in [3.63, 3.8) is 0 Å². The molecular weight excluding hydrogens is 266 g/mol. The number of fused-ring (bicyclic) bond motifs is 1. The third-order valence-corrected chi connectivity index (χ3v) is 3.43. The molecule has 5 nitrogen and oxygen atoms in total. The predicted octanol–water partition coefficient (Wildman–Crippen LogP) is 2.40. The molecule has 1 aliphatic heterocycles. The highest BCUT2D eigenvalue weighted by Crippen LogP contribution is 2.31. The van der Waals surface area contributed by atoms with E-state index in [2.05, 4.69) is 10.6 Å². The largest absolute Gasteiger partial charge is 0.491 e. The zero-order valence-corrected chi connectivity index (χ0v) is 11.5. The minimum Gasteiger partial charge on any atom is -0.491 e. The molecule has 1 aliphatic rings. The lowest BCUT2D eigenvalue weighted by Crippen LogP contribution is -2.33. The summed E-state index contributed by atoms with van der Waals surface area (Å²) in [5.74, 6) is 0.827. The SMILES string of the molecule is NCc1cccc(NC(=O)NC2COc3ccccc32)c1. The lowest BCUT2D eigenvalue weighted by Gasteiger charge is -2.13. The number of anilines is 1. The van der Waals surface area contributed by atoms with Gasteiger partial charge in [0.1, 0.15) is 12.4 Å². The Balaban J connectivity index is 1.65. The Kier molecular flexibility index (Phi) is 3.75. The van der Waals surface area contributed by atoms with E-state index in [0.717, 1.165) is 22.6 Å². The van der Waals surface area contributed by atoms with Gasteiger partial charge in [-0.25, -0.2) is 4.79 Å². The number of rotatable bonds is 3. The summed E-state index contributed by atoms with van der Waals surface area (Å²) in [7, 11) is 0. The molecule has 2 amide bonds. The third kappa shape index (κ3) is 2.98. The van der Waals surface area contributed by atoms with E-state index in [1.807, 2.05) is 48.5 Å². The van der Waals surface area contributed by atoms with Crippen molar-refractivity contribution in [2.45, 2.75) is 12.6 Å². The summed E-state index contributed by atoms with van der Waals surface area (Å²) < 4.78 is 5.54. The molecule has 2 aromatic rings. The Labute approximate surface area is 123 Å². The highest BCUT2D eigenvalue weighted by molar-refractivity contribution is 5.89. The van der Waals surface area contributed by atoms with E-state index in [1.165, 1.54) is 0 Å². The van der Waals surface area contributed by atoms with E-state index in [0.29, 0.717) is 13.2 Å². The van der Waals surface area contributed by atoms with Gasteiger partial charge in [0.15, 0.2) is 0 Å². The van der Waals surface area contributed by atoms with Gasteiger partial charge >= 0.3 is 6.03 Å². The lowest BCUT2D eigenvalue weighted by atomic mass is 10.1. The van der Waals surface area contributed by atoms with Gasteiger partial charge in [-0.05, 0) is 23.8 Å². The number of hydrogen-bond donors (Lipinski definition) is 3. The van der Waals surface area contributed by atoms with Crippen molar-refractivity contribution in [2.75, 3.05) is 11.9 Å². The second-order valence-corrected chi connectivity index (χ2v) is 4.90. The zero-order valence-electron chi connectivity index (χ0n) is 11.5. The van der Waals surface area contributed by atoms with Crippen LogP contribution in [0.4, 0.5) is 10.5 Å². The van der Waals surface area contributed by atoms with Gasteiger partial charge in [-0.1, -0.05) is 30.3 Å². The van der Waals surface area contributed by atoms with Crippen LogP contribution in [0.3, 0.4) is 0 Å². The van der Waals surface area contributed by atoms with Crippen molar-refractivity contribution in [2.24, 2.45) is 5.73 Å². The molecule has 0 saturated heterocycles. The average Bonchev–Trinajstić information content (AvgIpc) is 2.91. The Morgan fingerprint density at radius 2 is 2.10 bits per heavy atom. The van der Waals surface area contributed by atoms with Gasteiger partial charge in [0.05, 0.1) is 6.04 Å². The molecule has 0 aliphatic carbocycles. The highest BCUT2D eigenvalue weighted by Gasteiger charge is 2.24. The van der Waals surface area contributed by atoms with Crippen LogP contribution in [0.1, 0.15) is 17.2 Å². The van der Waals surface area contributed by atoms with E-state index in [9.17, 15) is 4.79 Å². The van der Waals surface area contributed by atoms with Crippen LogP contribution >= 0.6 is 0 Å². The number of nitrogens with one attached hydrogen (secondary N) is 2. The van der Waals surface area contributed by atoms with E-state index >= 15 is 0 Å². The smallest absolute Gasteiger partial charge is 0.319 e. The maximum Gasteiger partial charge on any atom is 0.319 e. The summed E-state index contributed by atoms with van der Waals surface area (Å²) in [6.07, 6.45) is 0. The second-order valence-electron chi connectivity index (χ2n) is 4.90. The van der Waals surface area contributed by atoms with E-state index < -0.39 is 0 Å². The molecular formula is C16H17N3O2. The van der Waals surface area contributed by atoms with Crippen LogP contribution in [0.25, 0.3) is 0 Å². The summed E-state index contributed by atoms with van der Waals surface area (Å²) in [4.78, 5) is 12.1. The number of para-hydroxylation sites is 1. The predicted molar refractivity (Wildman–Crippen MR) is 81.2 cm³/mol. The number of amides is 2. The Hall–Kier alpha value is -2.53. The monoisotopic (exact) mass is 283 g/mol. The number of hydrogen-bond acceptors (Lipinski definition) is 3. The maximum atomic E-state index is 12.1. The molecule has 5 heteroatoms. The number of urea groups is 1. The third-order valence-electron chi connectivity index (χ3n) is 3.43. The van der Waals surface area contributed by atoms with E-state index in [4.69, 9.17) is 10.5 Å². The van der Waals surface area contributed by atoms with Crippen molar-refractivity contribution >= 4 is 11.7 Å². The summed E-state index contributed by atoms with van der Waals surface area (Å²) >= 11 is 0. The fraction of sp³-hybridized carbons (Fsp3) is 0.188. The minimum absolute atomic E-state index is 0.126. The minimum atomic E-state index is -0.255. The van der Waals surface area contributed by atoms with Gasteiger partial charge in [-0.3, -0.25) is 0 Å². The second kappa shape index (κ2) is 5.85. The summed E-state index contributed by atoms with van der Waals surface area (Å²) in [6, 6.07) is 14.8. The molecule has 2 aromatic carbocycles. The first-order chi connectivity index (χ1) is 10.3. The molecule has 0 spiro atoms. The van der Waals surface area contributed by atoms with Gasteiger partial charge < -0.3 is 21.1 Å². The number of ether oxygens (including phenoxy) is 1. The van der Waals surface area contributed by atoms with Crippen LogP contribution in [0, 0.1) is 0 Å². The molecule has 108 valence electrons. The first-order valence-corrected chi connectivity index (χ1v) is 6.84. The van der Waals surface area contributed by atoms with Crippen molar-refractivity contribution in [3.05, 3.63) is 59.7 Å². The molecule has 1 heterocycles. The molecule has 0 fully saturated rings. The zero-order chi connectivity index (χ0) is 14.7. The van der Waals surface area contributed by atoms with Crippen LogP contribution in [0.2, 0.25) is 0 Å². The summed E-state index contributed by atoms with van der Waals surface area (Å²) in [5, 5.41) is 5.73. The highest BCUT2D eigenvalue weighted by atomic mass is 16.5. The first kappa shape index (κ1) is 13.5. The number of carbonyl (C=O) groups excluding carboxylic acids is 1. The average molecular weight is 283 g/mol. The molecule has 0 bridgehead atoms. The molecule has 21 heavy (non-hydrogen) atoms. The number of benzene rings is 2. The van der Waals surface area contributed by atoms with Crippen LogP contribution in [-0.2, 0) is 6.54 Å². The van der Waals surface area contributed by atoms with Crippen molar-refractivity contribution in [1.82, 2.24) is 5.32 Å². The van der Waals surface area contributed by atoms with Gasteiger partial charge in [0.2, 0.25) is 0 Å². The van der Waals surface area contributed by atoms with E-state index in [-0.39, 0.29) is 12.1 Å². The Bertz CT molecular complexity index is 657. The molecule has 4 N–H and O–H groups in total. The van der Waals surface area contributed by atoms with Crippen LogP contribution < -0.4 is 21.1 Å². The van der Waals surface area contributed by atoms with Crippen molar-refractivity contribution < 1.29 is 9.53 Å². The van der Waals surface area contributed by atoms with Crippen LogP contribution in [0.15, 0.2) is 48.5 Å². The van der Waals surface area contributed by atoms with Gasteiger partial charge in [-0.15, -0.1) is 0 Å². The van der Waals surface area contributed by atoms with Crippen LogP contribution in [-0.4, -0.2) is 12.6 Å². The van der Waals surface area contributed by atoms with Crippen LogP contribution in [0.5, 0.6) is 5.75 Å². The molecule has 0 saturated carbocycles. The normalized spacial score (nSPS) is 16.0. The molecule has 0 radical (unpaired) electrons. The lowest BCUT2D eigenvalue weighted by molar-refractivity contribution is 0.243. The quantitative estimate of drug-likeness (QED) is 0.809. The molecule has 1 unspecified atom stereocenters. The topological polar surface area (TPSA) is 76.4 Å². The number of nitrogens with two attached hydrogens (primary N) is 1. The summed E-state index contributed by atoms with van der Waals surface area (Å²) in [6.45, 7) is 0.899. The van der Waals surface area contributed by atoms with E-state index in [1.54, 1.807) is 0 Å². The standard InChI is InChI=1S/C16H17N3O2/c17-9-11-4-3-5-12(8-11)18-16(20)19-14-10-21-15-7-2-1-6-13(14)15/h1-8,14H,9-10,17H2,(H2,18,19,20). The molecule has 0 aromatic heterocycles.